The summed E-state index contributed by atoms with van der Waals surface area (Å²) in [7, 11) is 2.94. The summed E-state index contributed by atoms with van der Waals surface area (Å²) in [5.41, 5.74) is -0.654. The lowest BCUT2D eigenvalue weighted by Gasteiger charge is -2.23. The number of hydrogen-bond donors (Lipinski definition) is 1. The smallest absolute Gasteiger partial charge is 0.325 e. The van der Waals surface area contributed by atoms with Crippen LogP contribution in [0.15, 0.2) is 18.2 Å². The largest absolute Gasteiger partial charge is 0.497 e. The molecule has 3 amide bonds. The number of rotatable bonds is 7. The van der Waals surface area contributed by atoms with Gasteiger partial charge in [-0.1, -0.05) is 13.8 Å². The lowest BCUT2D eigenvalue weighted by Crippen LogP contribution is -2.46. The lowest BCUT2D eigenvalue weighted by atomic mass is 9.93. The van der Waals surface area contributed by atoms with E-state index in [1.807, 2.05) is 13.8 Å². The fraction of sp³-hybridized carbons (Fsp3) is 0.471. The van der Waals surface area contributed by atoms with Crippen molar-refractivity contribution in [2.45, 2.75) is 32.2 Å². The summed E-state index contributed by atoms with van der Waals surface area (Å²) >= 11 is 0. The number of methoxy groups -OCH3 is 2. The molecule has 1 N–H and O–H groups in total. The van der Waals surface area contributed by atoms with E-state index in [0.717, 1.165) is 4.90 Å². The number of carbonyl (C=O) groups excluding carboxylic acids is 3. The molecule has 130 valence electrons. The van der Waals surface area contributed by atoms with Crippen LogP contribution in [-0.2, 0) is 4.79 Å². The third kappa shape index (κ3) is 2.93. The molecule has 0 spiro atoms. The minimum atomic E-state index is -0.921. The van der Waals surface area contributed by atoms with Crippen molar-refractivity contribution < 1.29 is 23.9 Å². The highest BCUT2D eigenvalue weighted by molar-refractivity contribution is 6.11. The number of nitrogens with zero attached hydrogens (tertiary/aromatic N) is 1. The number of nitrogens with one attached hydrogen (secondary N) is 1. The van der Waals surface area contributed by atoms with Crippen molar-refractivity contribution in [1.82, 2.24) is 10.2 Å². The maximum absolute atomic E-state index is 12.6. The molecule has 7 heteroatoms. The predicted octanol–water partition coefficient (Wildman–Crippen LogP) is 2.00. The van der Waals surface area contributed by atoms with Gasteiger partial charge in [-0.2, -0.15) is 0 Å². The minimum absolute atomic E-state index is 0.267. The summed E-state index contributed by atoms with van der Waals surface area (Å²) in [6.45, 7) is 3.33. The Morgan fingerprint density at radius 2 is 1.83 bits per heavy atom. The van der Waals surface area contributed by atoms with Crippen LogP contribution >= 0.6 is 0 Å². The molecule has 0 radical (unpaired) electrons. The zero-order valence-electron chi connectivity index (χ0n) is 14.3. The number of carbonyl (C=O) groups is 3. The lowest BCUT2D eigenvalue weighted by molar-refractivity contribution is -0.131. The second-order valence-corrected chi connectivity index (χ2v) is 5.60. The van der Waals surface area contributed by atoms with E-state index in [1.54, 1.807) is 12.1 Å². The van der Waals surface area contributed by atoms with Crippen molar-refractivity contribution in [2.24, 2.45) is 0 Å². The minimum Gasteiger partial charge on any atom is -0.497 e. The van der Waals surface area contributed by atoms with Crippen LogP contribution in [-0.4, -0.2) is 48.9 Å². The van der Waals surface area contributed by atoms with Crippen LogP contribution in [0.3, 0.4) is 0 Å². The van der Waals surface area contributed by atoms with Crippen LogP contribution in [0.5, 0.6) is 11.5 Å². The van der Waals surface area contributed by atoms with Crippen LogP contribution in [0.2, 0.25) is 0 Å². The molecule has 0 atom stereocenters. The Kier molecular flexibility index (Phi) is 5.11. The number of Topliss-reactive ketones (excluding diaryl/α,β-unsaturated/α-hetero) is 1. The van der Waals surface area contributed by atoms with Gasteiger partial charge in [0.1, 0.15) is 17.0 Å². The van der Waals surface area contributed by atoms with Crippen LogP contribution in [0.25, 0.3) is 0 Å². The van der Waals surface area contributed by atoms with E-state index in [4.69, 9.17) is 9.47 Å². The zero-order valence-corrected chi connectivity index (χ0v) is 14.3. The molecule has 1 aromatic carbocycles. The third-order valence-electron chi connectivity index (χ3n) is 4.46. The quantitative estimate of drug-likeness (QED) is 0.609. The molecule has 1 saturated heterocycles. The van der Waals surface area contributed by atoms with E-state index < -0.39 is 17.4 Å². The molecule has 1 fully saturated rings. The van der Waals surface area contributed by atoms with E-state index >= 15 is 0 Å². The van der Waals surface area contributed by atoms with Gasteiger partial charge in [0, 0.05) is 0 Å². The highest BCUT2D eigenvalue weighted by atomic mass is 16.5. The normalized spacial score (nSPS) is 16.1. The summed E-state index contributed by atoms with van der Waals surface area (Å²) in [6, 6.07) is 4.27. The zero-order chi connectivity index (χ0) is 17.9. The van der Waals surface area contributed by atoms with Gasteiger partial charge < -0.3 is 14.8 Å². The van der Waals surface area contributed by atoms with Gasteiger partial charge in [-0.25, -0.2) is 4.79 Å². The molecule has 7 nitrogen and oxygen atoms in total. The number of urea groups is 1. The highest BCUT2D eigenvalue weighted by Crippen LogP contribution is 2.27. The third-order valence-corrected chi connectivity index (χ3v) is 4.46. The van der Waals surface area contributed by atoms with Crippen LogP contribution in [0, 0.1) is 0 Å². The van der Waals surface area contributed by atoms with E-state index in [1.165, 1.54) is 20.3 Å². The molecule has 0 aromatic heterocycles. The van der Waals surface area contributed by atoms with Crippen molar-refractivity contribution in [3.05, 3.63) is 23.8 Å². The van der Waals surface area contributed by atoms with E-state index in [-0.39, 0.29) is 18.0 Å². The van der Waals surface area contributed by atoms with Crippen molar-refractivity contribution in [1.29, 1.82) is 0 Å². The van der Waals surface area contributed by atoms with Gasteiger partial charge in [0.15, 0.2) is 5.78 Å². The standard InChI is InChI=1S/C17H22N2O5/c1-5-17(6-2)15(21)19(16(22)18-17)10-13(20)12-9-11(23-3)7-8-14(12)24-4/h7-9H,5-6,10H2,1-4H3,(H,18,22). The summed E-state index contributed by atoms with van der Waals surface area (Å²) in [6.07, 6.45) is 0.947. The van der Waals surface area contributed by atoms with Gasteiger partial charge >= 0.3 is 6.03 Å². The number of hydrogen-bond acceptors (Lipinski definition) is 5. The van der Waals surface area contributed by atoms with Crippen molar-refractivity contribution >= 4 is 17.7 Å². The molecule has 1 heterocycles. The number of ether oxygens (including phenoxy) is 2. The predicted molar refractivity (Wildman–Crippen MR) is 87.4 cm³/mol. The van der Waals surface area contributed by atoms with Crippen LogP contribution in [0.1, 0.15) is 37.0 Å². The van der Waals surface area contributed by atoms with E-state index in [0.29, 0.717) is 24.3 Å². The SMILES string of the molecule is CCC1(CC)NC(=O)N(CC(=O)c2cc(OC)ccc2OC)C1=O. The van der Waals surface area contributed by atoms with Crippen LogP contribution < -0.4 is 14.8 Å². The number of imide groups is 1. The second kappa shape index (κ2) is 6.90. The summed E-state index contributed by atoms with van der Waals surface area (Å²) < 4.78 is 10.3. The van der Waals surface area contributed by atoms with Gasteiger partial charge in [-0.15, -0.1) is 0 Å². The van der Waals surface area contributed by atoms with Gasteiger partial charge in [-0.05, 0) is 31.0 Å². The van der Waals surface area contributed by atoms with E-state index in [2.05, 4.69) is 5.32 Å². The fourth-order valence-electron chi connectivity index (χ4n) is 2.81. The first-order valence-electron chi connectivity index (χ1n) is 7.81. The molecule has 1 aliphatic heterocycles. The average molecular weight is 334 g/mol. The molecule has 0 aliphatic carbocycles. The van der Waals surface area contributed by atoms with Gasteiger partial charge in [0.2, 0.25) is 0 Å². The molecular weight excluding hydrogens is 312 g/mol. The Morgan fingerprint density at radius 3 is 2.33 bits per heavy atom. The Morgan fingerprint density at radius 1 is 1.17 bits per heavy atom. The van der Waals surface area contributed by atoms with Gasteiger partial charge in [0.25, 0.3) is 5.91 Å². The first-order valence-corrected chi connectivity index (χ1v) is 7.81. The Labute approximate surface area is 140 Å². The fourth-order valence-corrected chi connectivity index (χ4v) is 2.81. The summed E-state index contributed by atoms with van der Waals surface area (Å²) in [5, 5.41) is 2.70. The first-order chi connectivity index (χ1) is 11.4. The molecule has 24 heavy (non-hydrogen) atoms. The van der Waals surface area contributed by atoms with Crippen molar-refractivity contribution in [3.8, 4) is 11.5 Å². The van der Waals surface area contributed by atoms with Crippen molar-refractivity contribution in [2.75, 3.05) is 20.8 Å². The first kappa shape index (κ1) is 17.8. The van der Waals surface area contributed by atoms with Gasteiger partial charge in [0.05, 0.1) is 26.3 Å². The molecular formula is C17H22N2O5. The van der Waals surface area contributed by atoms with Crippen LogP contribution in [0.4, 0.5) is 4.79 Å². The molecule has 1 aromatic rings. The Hall–Kier alpha value is -2.57. The maximum Gasteiger partial charge on any atom is 0.325 e. The van der Waals surface area contributed by atoms with Gasteiger partial charge in [-0.3, -0.25) is 14.5 Å². The van der Waals surface area contributed by atoms with Crippen molar-refractivity contribution in [3.63, 3.8) is 0 Å². The maximum atomic E-state index is 12.6. The number of ketones is 1. The number of benzene rings is 1. The second-order valence-electron chi connectivity index (χ2n) is 5.60. The summed E-state index contributed by atoms with van der Waals surface area (Å²) in [4.78, 5) is 38.3. The Balaban J connectivity index is 2.27. The average Bonchev–Trinajstić information content (AvgIpc) is 2.85. The molecule has 0 bridgehead atoms. The van der Waals surface area contributed by atoms with E-state index in [9.17, 15) is 14.4 Å². The number of amides is 3. The molecule has 2 rings (SSSR count). The molecule has 0 saturated carbocycles. The molecule has 1 aliphatic rings. The topological polar surface area (TPSA) is 84.9 Å². The molecule has 0 unspecified atom stereocenters. The summed E-state index contributed by atoms with van der Waals surface area (Å²) in [5.74, 6) is 0.0999. The monoisotopic (exact) mass is 334 g/mol. The highest BCUT2D eigenvalue weighted by Gasteiger charge is 2.49. The Bertz CT molecular complexity index is 667.